The number of amides is 1. The monoisotopic (exact) mass is 470 g/mol. The number of hydrogen-bond donors (Lipinski definition) is 1. The molecule has 2 aliphatic rings. The molecule has 2 fully saturated rings. The standard InChI is InChI=1S/C22H22F4N2O3S/c1-11(23)22(29)28-18-10-17(18)21(27-32(2,30)31)19(28)8-12-4-3-5-16(20(12)26)13-6-14(24)9-15(25)7-13/h3-7,9,11,17-19,21,27H,8,10H2,1-2H3/t11?,17-,18+,19+,21+/m0/s1. The number of carbonyl (C=O) groups excluding carboxylic acids is 1. The van der Waals surface area contributed by atoms with Gasteiger partial charge in [-0.3, -0.25) is 4.79 Å². The predicted octanol–water partition coefficient (Wildman–Crippen LogP) is 3.19. The number of halogens is 4. The number of alkyl halides is 1. The predicted molar refractivity (Wildman–Crippen MR) is 110 cm³/mol. The van der Waals surface area contributed by atoms with Crippen molar-refractivity contribution in [3.63, 3.8) is 0 Å². The highest BCUT2D eigenvalue weighted by Crippen LogP contribution is 2.49. The number of likely N-dealkylation sites (tertiary alicyclic amines) is 1. The number of carbonyl (C=O) groups is 1. The molecule has 2 aromatic rings. The van der Waals surface area contributed by atoms with Gasteiger partial charge in [-0.15, -0.1) is 0 Å². The Hall–Kier alpha value is -2.46. The van der Waals surface area contributed by atoms with Crippen LogP contribution in [0.25, 0.3) is 11.1 Å². The Kier molecular flexibility index (Phi) is 5.79. The molecular weight excluding hydrogens is 448 g/mol. The maximum absolute atomic E-state index is 15.4. The van der Waals surface area contributed by atoms with Gasteiger partial charge >= 0.3 is 0 Å². The number of rotatable bonds is 6. The van der Waals surface area contributed by atoms with Gasteiger partial charge in [-0.2, -0.15) is 0 Å². The minimum absolute atomic E-state index is 0.00671. The number of sulfonamides is 1. The maximum Gasteiger partial charge on any atom is 0.257 e. The van der Waals surface area contributed by atoms with Crippen LogP contribution in [0.3, 0.4) is 0 Å². The Labute approximate surface area is 183 Å². The molecule has 1 N–H and O–H groups in total. The highest BCUT2D eigenvalue weighted by molar-refractivity contribution is 7.88. The van der Waals surface area contributed by atoms with Crippen molar-refractivity contribution in [3.05, 3.63) is 59.4 Å². The van der Waals surface area contributed by atoms with Crippen LogP contribution in [-0.4, -0.2) is 49.8 Å². The van der Waals surface area contributed by atoms with Crippen LogP contribution in [0.1, 0.15) is 18.9 Å². The van der Waals surface area contributed by atoms with E-state index in [9.17, 15) is 26.4 Å². The fourth-order valence-electron chi connectivity index (χ4n) is 4.68. The minimum Gasteiger partial charge on any atom is -0.332 e. The quantitative estimate of drug-likeness (QED) is 0.660. The fourth-order valence-corrected chi connectivity index (χ4v) is 5.50. The summed E-state index contributed by atoms with van der Waals surface area (Å²) in [4.78, 5) is 13.9. The lowest BCUT2D eigenvalue weighted by atomic mass is 9.94. The number of fused-ring (bicyclic) bond motifs is 1. The topological polar surface area (TPSA) is 66.5 Å². The summed E-state index contributed by atoms with van der Waals surface area (Å²) < 4.78 is 82.8. The molecule has 172 valence electrons. The van der Waals surface area contributed by atoms with Gasteiger partial charge in [-0.25, -0.2) is 30.7 Å². The second-order valence-corrected chi connectivity index (χ2v) is 10.2. The van der Waals surface area contributed by atoms with E-state index in [4.69, 9.17) is 0 Å². The Bertz CT molecular complexity index is 1150. The van der Waals surface area contributed by atoms with Gasteiger partial charge in [0.2, 0.25) is 10.0 Å². The molecular formula is C22H22F4N2O3S. The third-order valence-electron chi connectivity index (χ3n) is 6.02. The van der Waals surface area contributed by atoms with Crippen LogP contribution in [0.5, 0.6) is 0 Å². The van der Waals surface area contributed by atoms with Crippen LogP contribution in [-0.2, 0) is 21.2 Å². The average Bonchev–Trinajstić information content (AvgIpc) is 3.40. The second-order valence-electron chi connectivity index (χ2n) is 8.45. The third kappa shape index (κ3) is 4.38. The van der Waals surface area contributed by atoms with E-state index in [1.54, 1.807) is 0 Å². The molecule has 1 aliphatic heterocycles. The summed E-state index contributed by atoms with van der Waals surface area (Å²) in [5, 5.41) is 0. The van der Waals surface area contributed by atoms with Crippen molar-refractivity contribution in [1.82, 2.24) is 9.62 Å². The van der Waals surface area contributed by atoms with E-state index in [1.807, 2.05) is 0 Å². The Morgan fingerprint density at radius 3 is 2.44 bits per heavy atom. The van der Waals surface area contributed by atoms with Crippen LogP contribution in [0, 0.1) is 23.4 Å². The minimum atomic E-state index is -3.64. The van der Waals surface area contributed by atoms with Gasteiger partial charge in [-0.1, -0.05) is 18.2 Å². The molecule has 2 aromatic carbocycles. The zero-order chi connectivity index (χ0) is 23.4. The van der Waals surface area contributed by atoms with E-state index in [1.165, 1.54) is 23.1 Å². The van der Waals surface area contributed by atoms with Crippen molar-refractivity contribution >= 4 is 15.9 Å². The first-order chi connectivity index (χ1) is 15.0. The first-order valence-corrected chi connectivity index (χ1v) is 12.0. The van der Waals surface area contributed by atoms with Crippen LogP contribution in [0.15, 0.2) is 36.4 Å². The highest BCUT2D eigenvalue weighted by Gasteiger charge is 2.61. The van der Waals surface area contributed by atoms with Gasteiger partial charge in [0.05, 0.1) is 12.3 Å². The van der Waals surface area contributed by atoms with Crippen molar-refractivity contribution in [2.75, 3.05) is 6.26 Å². The van der Waals surface area contributed by atoms with Gasteiger partial charge in [0.15, 0.2) is 6.17 Å². The third-order valence-corrected chi connectivity index (χ3v) is 6.72. The summed E-state index contributed by atoms with van der Waals surface area (Å²) in [6.07, 6.45) is -0.352. The summed E-state index contributed by atoms with van der Waals surface area (Å²) in [6.45, 7) is 1.10. The highest BCUT2D eigenvalue weighted by atomic mass is 32.2. The van der Waals surface area contributed by atoms with Crippen molar-refractivity contribution in [3.8, 4) is 11.1 Å². The molecule has 10 heteroatoms. The summed E-state index contributed by atoms with van der Waals surface area (Å²) in [6, 6.07) is 5.23. The molecule has 5 atom stereocenters. The molecule has 0 bridgehead atoms. The first kappa shape index (κ1) is 22.7. The van der Waals surface area contributed by atoms with E-state index in [0.29, 0.717) is 12.5 Å². The molecule has 4 rings (SSSR count). The molecule has 1 amide bonds. The number of benzene rings is 2. The van der Waals surface area contributed by atoms with Crippen LogP contribution in [0.2, 0.25) is 0 Å². The van der Waals surface area contributed by atoms with E-state index >= 15 is 4.39 Å². The van der Waals surface area contributed by atoms with Gasteiger partial charge in [0.25, 0.3) is 5.91 Å². The smallest absolute Gasteiger partial charge is 0.257 e. The average molecular weight is 470 g/mol. The normalized spacial score (nSPS) is 25.5. The van der Waals surface area contributed by atoms with Crippen LogP contribution >= 0.6 is 0 Å². The maximum atomic E-state index is 15.4. The fraction of sp³-hybridized carbons (Fsp3) is 0.409. The molecule has 1 unspecified atom stereocenters. The molecule has 0 aromatic heterocycles. The van der Waals surface area contributed by atoms with Gasteiger partial charge < -0.3 is 4.90 Å². The van der Waals surface area contributed by atoms with Crippen molar-refractivity contribution in [2.24, 2.45) is 5.92 Å². The Morgan fingerprint density at radius 2 is 1.84 bits per heavy atom. The SMILES string of the molecule is CC(F)C(=O)N1[C@@H]2C[C@@H]2[C@@H](NS(C)(=O)=O)[C@H]1Cc1cccc(-c2cc(F)cc(F)c2)c1F. The molecule has 1 saturated heterocycles. The van der Waals surface area contributed by atoms with Gasteiger partial charge in [-0.05, 0) is 48.9 Å². The molecule has 32 heavy (non-hydrogen) atoms. The molecule has 0 spiro atoms. The van der Waals surface area contributed by atoms with Gasteiger partial charge in [0.1, 0.15) is 17.5 Å². The second kappa shape index (κ2) is 8.15. The molecule has 1 heterocycles. The lowest BCUT2D eigenvalue weighted by molar-refractivity contribution is -0.138. The van der Waals surface area contributed by atoms with E-state index in [2.05, 4.69) is 4.72 Å². The first-order valence-electron chi connectivity index (χ1n) is 10.1. The Morgan fingerprint density at radius 1 is 1.19 bits per heavy atom. The number of nitrogens with one attached hydrogen (secondary N) is 1. The van der Waals surface area contributed by atoms with Crippen molar-refractivity contribution in [2.45, 2.75) is 44.1 Å². The lowest BCUT2D eigenvalue weighted by Crippen LogP contribution is -2.52. The summed E-state index contributed by atoms with van der Waals surface area (Å²) >= 11 is 0. The summed E-state index contributed by atoms with van der Waals surface area (Å²) in [5.74, 6) is -3.40. The van der Waals surface area contributed by atoms with E-state index in [-0.39, 0.29) is 35.1 Å². The zero-order valence-electron chi connectivity index (χ0n) is 17.4. The van der Waals surface area contributed by atoms with Gasteiger partial charge in [0, 0.05) is 23.7 Å². The molecule has 1 saturated carbocycles. The number of hydrogen-bond acceptors (Lipinski definition) is 3. The summed E-state index contributed by atoms with van der Waals surface area (Å²) in [7, 11) is -3.64. The van der Waals surface area contributed by atoms with E-state index < -0.39 is 51.6 Å². The lowest BCUT2D eigenvalue weighted by Gasteiger charge is -2.32. The summed E-state index contributed by atoms with van der Waals surface area (Å²) in [5.41, 5.74) is 0.101. The van der Waals surface area contributed by atoms with Crippen LogP contribution in [0.4, 0.5) is 17.6 Å². The molecule has 5 nitrogen and oxygen atoms in total. The molecule has 0 radical (unpaired) electrons. The van der Waals surface area contributed by atoms with E-state index in [0.717, 1.165) is 25.3 Å². The van der Waals surface area contributed by atoms with Crippen LogP contribution < -0.4 is 4.72 Å². The largest absolute Gasteiger partial charge is 0.332 e. The number of piperidine rings is 1. The molecule has 1 aliphatic carbocycles. The van der Waals surface area contributed by atoms with Crippen molar-refractivity contribution < 1.29 is 30.8 Å². The zero-order valence-corrected chi connectivity index (χ0v) is 18.2. The Balaban J connectivity index is 1.71. The van der Waals surface area contributed by atoms with Crippen molar-refractivity contribution in [1.29, 1.82) is 0 Å². The number of nitrogens with zero attached hydrogens (tertiary/aromatic N) is 1.